The summed E-state index contributed by atoms with van der Waals surface area (Å²) in [6.07, 6.45) is 15.5. The highest BCUT2D eigenvalue weighted by Gasteiger charge is 2.45. The number of fused-ring (bicyclic) bond motifs is 3. The van der Waals surface area contributed by atoms with Crippen molar-refractivity contribution >= 4 is 11.1 Å². The lowest BCUT2D eigenvalue weighted by Crippen LogP contribution is -2.32. The Hall–Kier alpha value is -2.86. The molecule has 1 unspecified atom stereocenters. The monoisotopic (exact) mass is 542 g/mol. The molecule has 2 aromatic carbocycles. The fourth-order valence-electron chi connectivity index (χ4n) is 8.47. The second-order valence-electron chi connectivity index (χ2n) is 15.9. The van der Waals surface area contributed by atoms with Gasteiger partial charge in [-0.1, -0.05) is 126 Å². The van der Waals surface area contributed by atoms with Crippen LogP contribution in [0, 0.1) is 24.2 Å². The quantitative estimate of drug-likeness (QED) is 0.337. The SMILES string of the molecule is C=C(CC(C)(C)C)C1CCC2(CC1)C(=C)Cc1ccc(C3=CC4C(=CC=C4c4ccc(C)c(C(C)(C)C)c4)C3)cc12. The van der Waals surface area contributed by atoms with Crippen LogP contribution < -0.4 is 0 Å². The van der Waals surface area contributed by atoms with Crippen molar-refractivity contribution in [2.45, 2.75) is 104 Å². The van der Waals surface area contributed by atoms with Crippen LogP contribution in [-0.2, 0) is 17.3 Å². The zero-order chi connectivity index (χ0) is 29.3. The molecule has 0 radical (unpaired) electrons. The van der Waals surface area contributed by atoms with E-state index in [0.29, 0.717) is 17.3 Å². The Morgan fingerprint density at radius 2 is 1.61 bits per heavy atom. The largest absolute Gasteiger partial charge is 0.0996 e. The van der Waals surface area contributed by atoms with Crippen LogP contribution in [0.1, 0.15) is 113 Å². The molecule has 41 heavy (non-hydrogen) atoms. The molecule has 1 saturated carbocycles. The molecule has 2 aromatic rings. The Kier molecular flexibility index (Phi) is 6.80. The summed E-state index contributed by atoms with van der Waals surface area (Å²) in [6, 6.07) is 14.5. The topological polar surface area (TPSA) is 0 Å². The molecule has 1 spiro atoms. The van der Waals surface area contributed by atoms with Gasteiger partial charge >= 0.3 is 0 Å². The average Bonchev–Trinajstić information content (AvgIpc) is 3.55. The molecule has 1 fully saturated rings. The lowest BCUT2D eigenvalue weighted by atomic mass is 9.63. The molecule has 4 aliphatic carbocycles. The van der Waals surface area contributed by atoms with Crippen molar-refractivity contribution in [3.05, 3.63) is 118 Å². The fourth-order valence-corrected chi connectivity index (χ4v) is 8.47. The van der Waals surface area contributed by atoms with Crippen molar-refractivity contribution in [1.82, 2.24) is 0 Å². The first-order valence-corrected chi connectivity index (χ1v) is 16.0. The highest BCUT2D eigenvalue weighted by atomic mass is 14.5. The molecule has 0 heterocycles. The summed E-state index contributed by atoms with van der Waals surface area (Å²) in [5, 5.41) is 0. The van der Waals surface area contributed by atoms with Crippen LogP contribution in [0.25, 0.3) is 11.1 Å². The second kappa shape index (κ2) is 9.86. The van der Waals surface area contributed by atoms with Gasteiger partial charge in [0.2, 0.25) is 0 Å². The molecule has 0 aliphatic heterocycles. The van der Waals surface area contributed by atoms with Gasteiger partial charge in [-0.15, -0.1) is 0 Å². The summed E-state index contributed by atoms with van der Waals surface area (Å²) in [4.78, 5) is 0. The second-order valence-corrected chi connectivity index (χ2v) is 15.9. The number of benzene rings is 2. The highest BCUT2D eigenvalue weighted by Crippen LogP contribution is 2.55. The van der Waals surface area contributed by atoms with Gasteiger partial charge in [0, 0.05) is 11.3 Å². The van der Waals surface area contributed by atoms with E-state index in [-0.39, 0.29) is 10.8 Å². The molecule has 0 bridgehead atoms. The van der Waals surface area contributed by atoms with Gasteiger partial charge < -0.3 is 0 Å². The summed E-state index contributed by atoms with van der Waals surface area (Å²) in [5.74, 6) is 1.07. The van der Waals surface area contributed by atoms with Gasteiger partial charge in [0.1, 0.15) is 0 Å². The molecule has 0 saturated heterocycles. The third-order valence-electron chi connectivity index (χ3n) is 10.6. The molecule has 0 N–H and O–H groups in total. The Morgan fingerprint density at radius 1 is 0.902 bits per heavy atom. The van der Waals surface area contributed by atoms with Crippen LogP contribution in [0.5, 0.6) is 0 Å². The van der Waals surface area contributed by atoms with Gasteiger partial charge in [-0.05, 0) is 113 Å². The lowest BCUT2D eigenvalue weighted by Gasteiger charge is -2.41. The van der Waals surface area contributed by atoms with Gasteiger partial charge in [0.15, 0.2) is 0 Å². The molecule has 0 amide bonds. The van der Waals surface area contributed by atoms with Crippen LogP contribution >= 0.6 is 0 Å². The van der Waals surface area contributed by atoms with Crippen molar-refractivity contribution in [1.29, 1.82) is 0 Å². The zero-order valence-corrected chi connectivity index (χ0v) is 26.7. The minimum Gasteiger partial charge on any atom is -0.0996 e. The lowest BCUT2D eigenvalue weighted by molar-refractivity contribution is 0.276. The molecule has 214 valence electrons. The van der Waals surface area contributed by atoms with Crippen molar-refractivity contribution in [2.24, 2.45) is 17.3 Å². The maximum Gasteiger partial charge on any atom is 0.0246 e. The Labute approximate surface area is 250 Å². The predicted molar refractivity (Wildman–Crippen MR) is 178 cm³/mol. The first-order valence-electron chi connectivity index (χ1n) is 16.0. The van der Waals surface area contributed by atoms with E-state index in [1.807, 2.05) is 0 Å². The van der Waals surface area contributed by atoms with Gasteiger partial charge in [-0.25, -0.2) is 0 Å². The van der Waals surface area contributed by atoms with E-state index in [0.717, 1.165) is 19.3 Å². The number of hydrogen-bond acceptors (Lipinski definition) is 0. The number of rotatable bonds is 4. The van der Waals surface area contributed by atoms with Crippen LogP contribution in [0.2, 0.25) is 0 Å². The minimum atomic E-state index is 0.148. The average molecular weight is 543 g/mol. The third kappa shape index (κ3) is 5.07. The third-order valence-corrected chi connectivity index (χ3v) is 10.6. The van der Waals surface area contributed by atoms with E-state index in [1.165, 1.54) is 75.8 Å². The highest BCUT2D eigenvalue weighted by molar-refractivity contribution is 5.85. The van der Waals surface area contributed by atoms with Gasteiger partial charge in [0.05, 0.1) is 0 Å². The summed E-state index contributed by atoms with van der Waals surface area (Å²) < 4.78 is 0. The smallest absolute Gasteiger partial charge is 0.0246 e. The number of allylic oxidation sites excluding steroid dienone is 8. The Balaban J connectivity index is 1.25. The maximum absolute atomic E-state index is 4.67. The van der Waals surface area contributed by atoms with Crippen LogP contribution in [0.15, 0.2) is 84.5 Å². The first-order chi connectivity index (χ1) is 19.2. The Morgan fingerprint density at radius 3 is 2.29 bits per heavy atom. The summed E-state index contributed by atoms with van der Waals surface area (Å²) >= 11 is 0. The molecule has 1 atom stereocenters. The van der Waals surface area contributed by atoms with Gasteiger partial charge in [-0.3, -0.25) is 0 Å². The summed E-state index contributed by atoms with van der Waals surface area (Å²) in [5.41, 5.74) is 16.8. The molecule has 0 nitrogen and oxygen atoms in total. The number of hydrogen-bond donors (Lipinski definition) is 0. The molecular formula is C41H50. The van der Waals surface area contributed by atoms with E-state index in [1.54, 1.807) is 11.1 Å². The van der Waals surface area contributed by atoms with Crippen molar-refractivity contribution in [3.8, 4) is 0 Å². The van der Waals surface area contributed by atoms with E-state index < -0.39 is 0 Å². The van der Waals surface area contributed by atoms with Gasteiger partial charge in [-0.2, -0.15) is 0 Å². The molecule has 0 aromatic heterocycles. The number of aryl methyl sites for hydroxylation is 1. The van der Waals surface area contributed by atoms with Crippen LogP contribution in [0.3, 0.4) is 0 Å². The van der Waals surface area contributed by atoms with E-state index in [4.69, 9.17) is 0 Å². The standard InChI is InChI=1S/C41H50/c1-26-10-11-32(24-37(26)40(7,8)9)35-15-14-31-21-34(22-36(31)35)30-12-13-33-20-28(3)41(38(33)23-30)18-16-29(17-19-41)27(2)25-39(4,5)6/h10-15,22-24,29,36H,2-3,16-21,25H2,1,4-9H3. The zero-order valence-electron chi connectivity index (χ0n) is 26.7. The fraction of sp³-hybridized carbons (Fsp3) is 0.463. The van der Waals surface area contributed by atoms with E-state index in [9.17, 15) is 0 Å². The molecular weight excluding hydrogens is 492 g/mol. The van der Waals surface area contributed by atoms with E-state index in [2.05, 4.69) is 116 Å². The summed E-state index contributed by atoms with van der Waals surface area (Å²) in [7, 11) is 0. The van der Waals surface area contributed by atoms with Crippen LogP contribution in [0.4, 0.5) is 0 Å². The maximum atomic E-state index is 4.67. The first kappa shape index (κ1) is 28.3. The van der Waals surface area contributed by atoms with Crippen LogP contribution in [-0.4, -0.2) is 0 Å². The van der Waals surface area contributed by atoms with Crippen molar-refractivity contribution < 1.29 is 0 Å². The minimum absolute atomic E-state index is 0.148. The molecule has 6 rings (SSSR count). The van der Waals surface area contributed by atoms with E-state index >= 15 is 0 Å². The summed E-state index contributed by atoms with van der Waals surface area (Å²) in [6.45, 7) is 25.4. The van der Waals surface area contributed by atoms with Gasteiger partial charge in [0.25, 0.3) is 0 Å². The molecule has 0 heteroatoms. The predicted octanol–water partition coefficient (Wildman–Crippen LogP) is 11.3. The van der Waals surface area contributed by atoms with Crippen molar-refractivity contribution in [2.75, 3.05) is 0 Å². The molecule has 4 aliphatic rings. The normalized spacial score (nSPS) is 25.6. The Bertz CT molecular complexity index is 1510. The van der Waals surface area contributed by atoms with Crippen molar-refractivity contribution in [3.63, 3.8) is 0 Å².